The van der Waals surface area contributed by atoms with Crippen LogP contribution in [0, 0.1) is 0 Å². The predicted octanol–water partition coefficient (Wildman–Crippen LogP) is 2.80. The minimum absolute atomic E-state index is 0.0579. The van der Waals surface area contributed by atoms with Crippen molar-refractivity contribution in [3.05, 3.63) is 63.6 Å². The normalized spacial score (nSPS) is 16.2. The molecule has 4 rings (SSSR count). The quantitative estimate of drug-likeness (QED) is 0.758. The van der Waals surface area contributed by atoms with Crippen molar-refractivity contribution in [2.24, 2.45) is 0 Å². The molecule has 0 aliphatic carbocycles. The summed E-state index contributed by atoms with van der Waals surface area (Å²) in [5, 5.41) is 2.74. The second kappa shape index (κ2) is 5.87. The highest BCUT2D eigenvalue weighted by Crippen LogP contribution is 2.36. The van der Waals surface area contributed by atoms with Gasteiger partial charge in [0, 0.05) is 24.7 Å². The van der Waals surface area contributed by atoms with Crippen LogP contribution in [0.4, 0.5) is 5.69 Å². The molecule has 2 aromatic carbocycles. The van der Waals surface area contributed by atoms with Gasteiger partial charge < -0.3 is 14.6 Å². The van der Waals surface area contributed by atoms with Crippen molar-refractivity contribution < 1.29 is 14.0 Å². The lowest BCUT2D eigenvalue weighted by Gasteiger charge is -2.22. The molecule has 0 bridgehead atoms. The maximum atomic E-state index is 12.8. The molecule has 0 saturated carbocycles. The number of H-pyrrole nitrogens is 1. The minimum Gasteiger partial charge on any atom is -0.408 e. The third-order valence-electron chi connectivity index (χ3n) is 4.62. The molecule has 1 aliphatic rings. The van der Waals surface area contributed by atoms with Crippen LogP contribution in [0.2, 0.25) is 0 Å². The van der Waals surface area contributed by atoms with E-state index in [0.717, 1.165) is 11.1 Å². The third kappa shape index (κ3) is 2.67. The molecular formula is C19H17N3O4. The summed E-state index contributed by atoms with van der Waals surface area (Å²) in [6.07, 6.45) is 0. The average molecular weight is 351 g/mol. The van der Waals surface area contributed by atoms with Crippen molar-refractivity contribution >= 4 is 28.6 Å². The first-order chi connectivity index (χ1) is 12.4. The number of hydrogen-bond acceptors (Lipinski definition) is 4. The summed E-state index contributed by atoms with van der Waals surface area (Å²) in [6.45, 7) is 3.80. The lowest BCUT2D eigenvalue weighted by molar-refractivity contribution is -0.114. The molecule has 0 saturated heterocycles. The number of carbonyl (C=O) groups excluding carboxylic acids is 2. The average Bonchev–Trinajstić information content (AvgIpc) is 3.06. The van der Waals surface area contributed by atoms with Gasteiger partial charge in [-0.15, -0.1) is 0 Å². The standard InChI is InChI=1S/C19H17N3O4/c1-10-15-8-13(20-11(2)23)4-5-14(15)18(24)22(10)9-12-3-6-16-17(7-12)26-19(25)21-16/h3-8,10H,9H2,1-2H3,(H,20,23)(H,21,25). The van der Waals surface area contributed by atoms with Crippen molar-refractivity contribution in [3.63, 3.8) is 0 Å². The van der Waals surface area contributed by atoms with E-state index in [4.69, 9.17) is 4.42 Å². The lowest BCUT2D eigenvalue weighted by Crippen LogP contribution is -2.26. The van der Waals surface area contributed by atoms with E-state index in [1.165, 1.54) is 6.92 Å². The molecule has 132 valence electrons. The van der Waals surface area contributed by atoms with Crippen molar-refractivity contribution in [1.29, 1.82) is 0 Å². The molecule has 3 aromatic rings. The van der Waals surface area contributed by atoms with Gasteiger partial charge in [-0.2, -0.15) is 0 Å². The van der Waals surface area contributed by atoms with E-state index >= 15 is 0 Å². The van der Waals surface area contributed by atoms with Crippen LogP contribution < -0.4 is 11.1 Å². The van der Waals surface area contributed by atoms with Crippen LogP contribution >= 0.6 is 0 Å². The maximum Gasteiger partial charge on any atom is 0.417 e. The number of amides is 2. The number of carbonyl (C=O) groups is 2. The summed E-state index contributed by atoms with van der Waals surface area (Å²) in [5.74, 6) is -0.710. The highest BCUT2D eigenvalue weighted by atomic mass is 16.4. The zero-order chi connectivity index (χ0) is 18.4. The summed E-state index contributed by atoms with van der Waals surface area (Å²) in [6, 6.07) is 10.6. The second-order valence-electron chi connectivity index (χ2n) is 6.44. The molecule has 0 fully saturated rings. The Morgan fingerprint density at radius 1 is 1.23 bits per heavy atom. The van der Waals surface area contributed by atoms with E-state index in [-0.39, 0.29) is 17.9 Å². The number of aromatic nitrogens is 1. The van der Waals surface area contributed by atoms with E-state index in [1.807, 2.05) is 19.1 Å². The third-order valence-corrected chi connectivity index (χ3v) is 4.62. The molecule has 2 N–H and O–H groups in total. The van der Waals surface area contributed by atoms with Gasteiger partial charge in [-0.25, -0.2) is 4.79 Å². The monoisotopic (exact) mass is 351 g/mol. The zero-order valence-electron chi connectivity index (χ0n) is 14.3. The fourth-order valence-electron chi connectivity index (χ4n) is 3.38. The Kier molecular flexibility index (Phi) is 3.64. The molecule has 7 nitrogen and oxygen atoms in total. The zero-order valence-corrected chi connectivity index (χ0v) is 14.3. The van der Waals surface area contributed by atoms with Crippen LogP contribution in [0.15, 0.2) is 45.6 Å². The number of hydrogen-bond donors (Lipinski definition) is 2. The molecule has 0 radical (unpaired) electrons. The fourth-order valence-corrected chi connectivity index (χ4v) is 3.38. The number of oxazole rings is 1. The summed E-state index contributed by atoms with van der Waals surface area (Å²) < 4.78 is 5.09. The van der Waals surface area contributed by atoms with Crippen molar-refractivity contribution in [2.45, 2.75) is 26.4 Å². The van der Waals surface area contributed by atoms with Crippen LogP contribution in [0.1, 0.15) is 41.4 Å². The highest BCUT2D eigenvalue weighted by molar-refractivity contribution is 6.00. The number of anilines is 1. The van der Waals surface area contributed by atoms with E-state index in [1.54, 1.807) is 29.2 Å². The van der Waals surface area contributed by atoms with E-state index in [2.05, 4.69) is 10.3 Å². The Morgan fingerprint density at radius 2 is 2.04 bits per heavy atom. The summed E-state index contributed by atoms with van der Waals surface area (Å²) in [5.41, 5.74) is 4.17. The van der Waals surface area contributed by atoms with Gasteiger partial charge in [0.25, 0.3) is 5.91 Å². The second-order valence-corrected chi connectivity index (χ2v) is 6.44. The molecule has 7 heteroatoms. The molecule has 1 aromatic heterocycles. The number of aromatic amines is 1. The fraction of sp³-hybridized carbons (Fsp3) is 0.211. The number of nitrogens with one attached hydrogen (secondary N) is 2. The van der Waals surface area contributed by atoms with Gasteiger partial charge in [0.15, 0.2) is 5.58 Å². The molecule has 1 atom stereocenters. The molecule has 0 spiro atoms. The van der Waals surface area contributed by atoms with Gasteiger partial charge in [-0.05, 0) is 48.4 Å². The first-order valence-electron chi connectivity index (χ1n) is 8.26. The Balaban J connectivity index is 1.63. The largest absolute Gasteiger partial charge is 0.417 e. The minimum atomic E-state index is -0.499. The van der Waals surface area contributed by atoms with Gasteiger partial charge in [-0.1, -0.05) is 6.07 Å². The summed E-state index contributed by atoms with van der Waals surface area (Å²) in [7, 11) is 0. The topological polar surface area (TPSA) is 95.4 Å². The summed E-state index contributed by atoms with van der Waals surface area (Å²) >= 11 is 0. The predicted molar refractivity (Wildman–Crippen MR) is 95.9 cm³/mol. The number of fused-ring (bicyclic) bond motifs is 2. The van der Waals surface area contributed by atoms with E-state index in [0.29, 0.717) is 28.9 Å². The smallest absolute Gasteiger partial charge is 0.408 e. The number of benzene rings is 2. The van der Waals surface area contributed by atoms with Crippen molar-refractivity contribution in [2.75, 3.05) is 5.32 Å². The molecule has 1 unspecified atom stereocenters. The molecule has 26 heavy (non-hydrogen) atoms. The maximum absolute atomic E-state index is 12.8. The van der Waals surface area contributed by atoms with Crippen LogP contribution in [-0.2, 0) is 11.3 Å². The Hall–Kier alpha value is -3.35. The lowest BCUT2D eigenvalue weighted by atomic mass is 10.0. The van der Waals surface area contributed by atoms with Crippen molar-refractivity contribution in [3.8, 4) is 0 Å². The highest BCUT2D eigenvalue weighted by Gasteiger charge is 2.34. The molecule has 2 heterocycles. The first-order valence-corrected chi connectivity index (χ1v) is 8.26. The van der Waals surface area contributed by atoms with E-state index < -0.39 is 5.76 Å². The Morgan fingerprint density at radius 3 is 2.81 bits per heavy atom. The van der Waals surface area contributed by atoms with Gasteiger partial charge in [0.05, 0.1) is 11.6 Å². The van der Waals surface area contributed by atoms with Gasteiger partial charge in [0.1, 0.15) is 0 Å². The van der Waals surface area contributed by atoms with Gasteiger partial charge in [0.2, 0.25) is 5.91 Å². The molecule has 1 aliphatic heterocycles. The van der Waals surface area contributed by atoms with E-state index in [9.17, 15) is 14.4 Å². The van der Waals surface area contributed by atoms with Crippen LogP contribution in [0.5, 0.6) is 0 Å². The Labute approximate surface area is 148 Å². The first kappa shape index (κ1) is 16.1. The Bertz CT molecular complexity index is 1100. The van der Waals surface area contributed by atoms with Crippen LogP contribution in [0.3, 0.4) is 0 Å². The van der Waals surface area contributed by atoms with Crippen LogP contribution in [0.25, 0.3) is 11.1 Å². The number of rotatable bonds is 3. The molecular weight excluding hydrogens is 334 g/mol. The van der Waals surface area contributed by atoms with Crippen molar-refractivity contribution in [1.82, 2.24) is 9.88 Å². The number of nitrogens with zero attached hydrogens (tertiary/aromatic N) is 1. The molecule has 2 amide bonds. The van der Waals surface area contributed by atoms with Gasteiger partial charge >= 0.3 is 5.76 Å². The van der Waals surface area contributed by atoms with Crippen LogP contribution in [-0.4, -0.2) is 21.7 Å². The van der Waals surface area contributed by atoms with Gasteiger partial charge in [-0.3, -0.25) is 14.6 Å². The SMILES string of the molecule is CC(=O)Nc1ccc2c(c1)C(C)N(Cc1ccc3[nH]c(=O)oc3c1)C2=O. The summed E-state index contributed by atoms with van der Waals surface area (Å²) in [4.78, 5) is 39.7.